The molecule has 0 bridgehead atoms. The van der Waals surface area contributed by atoms with Gasteiger partial charge >= 0.3 is 24.5 Å². The number of ether oxygens (including phenoxy) is 3. The second kappa shape index (κ2) is 9.85. The Bertz CT molecular complexity index is 856. The van der Waals surface area contributed by atoms with Gasteiger partial charge in [-0.2, -0.15) is 17.6 Å². The molecule has 0 spiro atoms. The van der Waals surface area contributed by atoms with E-state index in [-0.39, 0.29) is 18.8 Å². The minimum absolute atomic E-state index is 0.0444. The number of Topliss-reactive ketones (excluding diaryl/α,β-unsaturated/α-hetero) is 1. The SMILES string of the molecule is CCOC(=O)[C@H]1C(=O)C[C@](C)(O)[C@@H](C(=O)OCC)[C@@H]1c1cccc(OC(F)(F)C(F)F)c1. The molecule has 11 heteroatoms. The predicted molar refractivity (Wildman–Crippen MR) is 101 cm³/mol. The molecule has 0 unspecified atom stereocenters. The largest absolute Gasteiger partial charge is 0.466 e. The normalized spacial score (nSPS) is 26.0. The molecule has 2 rings (SSSR count). The van der Waals surface area contributed by atoms with Crippen molar-refractivity contribution in [1.29, 1.82) is 0 Å². The molecule has 32 heavy (non-hydrogen) atoms. The molecule has 0 heterocycles. The van der Waals surface area contributed by atoms with Crippen molar-refractivity contribution < 1.29 is 51.3 Å². The zero-order chi connectivity index (χ0) is 24.3. The molecular formula is C21H24F4O7. The van der Waals surface area contributed by atoms with Crippen molar-refractivity contribution in [2.24, 2.45) is 11.8 Å². The Balaban J connectivity index is 2.62. The summed E-state index contributed by atoms with van der Waals surface area (Å²) in [5.74, 6) is -7.71. The summed E-state index contributed by atoms with van der Waals surface area (Å²) in [6.45, 7) is 4.07. The molecule has 1 aromatic carbocycles. The number of carbonyl (C=O) groups excluding carboxylic acids is 3. The highest BCUT2D eigenvalue weighted by Gasteiger charge is 2.57. The first-order valence-electron chi connectivity index (χ1n) is 9.89. The zero-order valence-electron chi connectivity index (χ0n) is 17.6. The first kappa shape index (κ1) is 25.6. The van der Waals surface area contributed by atoms with Crippen molar-refractivity contribution in [2.45, 2.75) is 51.2 Å². The molecule has 0 aromatic heterocycles. The van der Waals surface area contributed by atoms with E-state index in [1.165, 1.54) is 32.9 Å². The fourth-order valence-corrected chi connectivity index (χ4v) is 3.87. The van der Waals surface area contributed by atoms with E-state index in [1.807, 2.05) is 0 Å². The molecule has 4 atom stereocenters. The highest BCUT2D eigenvalue weighted by molar-refractivity contribution is 6.02. The van der Waals surface area contributed by atoms with Gasteiger partial charge in [0.25, 0.3) is 0 Å². The van der Waals surface area contributed by atoms with Gasteiger partial charge in [0.15, 0.2) is 5.78 Å². The van der Waals surface area contributed by atoms with E-state index in [0.29, 0.717) is 0 Å². The summed E-state index contributed by atoms with van der Waals surface area (Å²) < 4.78 is 65.9. The third kappa shape index (κ3) is 5.37. The van der Waals surface area contributed by atoms with Crippen molar-refractivity contribution in [3.8, 4) is 5.75 Å². The second-order valence-electron chi connectivity index (χ2n) is 7.52. The molecule has 1 N–H and O–H groups in total. The van der Waals surface area contributed by atoms with Crippen LogP contribution in [-0.2, 0) is 23.9 Å². The Kier molecular flexibility index (Phi) is 7.87. The molecule has 0 aliphatic heterocycles. The van der Waals surface area contributed by atoms with Crippen LogP contribution in [0.4, 0.5) is 17.6 Å². The second-order valence-corrected chi connectivity index (χ2v) is 7.52. The van der Waals surface area contributed by atoms with Crippen molar-refractivity contribution in [3.05, 3.63) is 29.8 Å². The van der Waals surface area contributed by atoms with E-state index in [0.717, 1.165) is 12.1 Å². The Labute approximate surface area is 181 Å². The van der Waals surface area contributed by atoms with Crippen LogP contribution in [0.1, 0.15) is 38.7 Å². The maximum atomic E-state index is 13.4. The van der Waals surface area contributed by atoms with Crippen molar-refractivity contribution >= 4 is 17.7 Å². The van der Waals surface area contributed by atoms with Crippen molar-refractivity contribution in [2.75, 3.05) is 13.2 Å². The molecular weight excluding hydrogens is 440 g/mol. The van der Waals surface area contributed by atoms with Crippen LogP contribution in [0.2, 0.25) is 0 Å². The van der Waals surface area contributed by atoms with Gasteiger partial charge in [-0.25, -0.2) is 0 Å². The van der Waals surface area contributed by atoms with Gasteiger partial charge in [-0.15, -0.1) is 0 Å². The number of esters is 2. The maximum Gasteiger partial charge on any atom is 0.461 e. The molecule has 0 radical (unpaired) electrons. The maximum absolute atomic E-state index is 13.4. The average molecular weight is 464 g/mol. The molecule has 1 aliphatic carbocycles. The van der Waals surface area contributed by atoms with E-state index in [9.17, 15) is 37.1 Å². The molecule has 0 saturated heterocycles. The number of carbonyl (C=O) groups is 3. The minimum atomic E-state index is -4.80. The summed E-state index contributed by atoms with van der Waals surface area (Å²) in [5.41, 5.74) is -1.99. The fraction of sp³-hybridized carbons (Fsp3) is 0.571. The fourth-order valence-electron chi connectivity index (χ4n) is 3.87. The van der Waals surface area contributed by atoms with E-state index in [4.69, 9.17) is 9.47 Å². The van der Waals surface area contributed by atoms with Crippen LogP contribution in [0.25, 0.3) is 0 Å². The van der Waals surface area contributed by atoms with Crippen LogP contribution in [-0.4, -0.2) is 54.2 Å². The zero-order valence-corrected chi connectivity index (χ0v) is 17.6. The van der Waals surface area contributed by atoms with Gasteiger partial charge < -0.3 is 19.3 Å². The van der Waals surface area contributed by atoms with Gasteiger partial charge in [0.2, 0.25) is 0 Å². The number of hydrogen-bond donors (Lipinski definition) is 1. The molecule has 1 aliphatic rings. The number of hydrogen-bond acceptors (Lipinski definition) is 7. The monoisotopic (exact) mass is 464 g/mol. The number of alkyl halides is 4. The molecule has 1 aromatic rings. The van der Waals surface area contributed by atoms with Crippen LogP contribution in [0, 0.1) is 11.8 Å². The Morgan fingerprint density at radius 2 is 1.78 bits per heavy atom. The van der Waals surface area contributed by atoms with Crippen LogP contribution in [0.3, 0.4) is 0 Å². The van der Waals surface area contributed by atoms with E-state index in [2.05, 4.69) is 4.74 Å². The number of aliphatic hydroxyl groups is 1. The number of ketones is 1. The van der Waals surface area contributed by atoms with E-state index in [1.54, 1.807) is 0 Å². The molecule has 1 saturated carbocycles. The summed E-state index contributed by atoms with van der Waals surface area (Å²) in [7, 11) is 0. The Morgan fingerprint density at radius 1 is 1.19 bits per heavy atom. The topological polar surface area (TPSA) is 99.1 Å². The number of rotatable bonds is 8. The van der Waals surface area contributed by atoms with Crippen LogP contribution in [0.15, 0.2) is 24.3 Å². The quantitative estimate of drug-likeness (QED) is 0.359. The van der Waals surface area contributed by atoms with E-state index < -0.39 is 65.8 Å². The highest BCUT2D eigenvalue weighted by atomic mass is 19.3. The third-order valence-electron chi connectivity index (χ3n) is 5.10. The lowest BCUT2D eigenvalue weighted by atomic mass is 9.61. The number of benzene rings is 1. The van der Waals surface area contributed by atoms with Crippen LogP contribution >= 0.6 is 0 Å². The summed E-state index contributed by atoms with van der Waals surface area (Å²) in [5, 5.41) is 10.9. The third-order valence-corrected chi connectivity index (χ3v) is 5.10. The Hall–Kier alpha value is -2.69. The van der Waals surface area contributed by atoms with Gasteiger partial charge in [-0.3, -0.25) is 14.4 Å². The van der Waals surface area contributed by atoms with Gasteiger partial charge in [0.1, 0.15) is 11.7 Å². The van der Waals surface area contributed by atoms with Crippen LogP contribution in [0.5, 0.6) is 5.75 Å². The summed E-state index contributed by atoms with van der Waals surface area (Å²) >= 11 is 0. The van der Waals surface area contributed by atoms with Gasteiger partial charge in [0, 0.05) is 12.3 Å². The minimum Gasteiger partial charge on any atom is -0.466 e. The van der Waals surface area contributed by atoms with Gasteiger partial charge in [-0.05, 0) is 38.5 Å². The standard InChI is InChI=1S/C21H24F4O7/c1-4-30-17(27)15-13(26)10-20(3,29)16(18(28)31-5-2)14(15)11-7-6-8-12(9-11)32-21(24,25)19(22)23/h6-9,14-16,19,29H,4-5,10H2,1-3H3/t14-,15+,16-,20+/m1/s1. The van der Waals surface area contributed by atoms with Crippen molar-refractivity contribution in [1.82, 2.24) is 0 Å². The lowest BCUT2D eigenvalue weighted by Crippen LogP contribution is -2.55. The average Bonchev–Trinajstić information content (AvgIpc) is 2.66. The summed E-state index contributed by atoms with van der Waals surface area (Å²) in [6.07, 6.45) is -9.47. The molecule has 0 amide bonds. The predicted octanol–water partition coefficient (Wildman–Crippen LogP) is 3.09. The molecule has 7 nitrogen and oxygen atoms in total. The lowest BCUT2D eigenvalue weighted by molar-refractivity contribution is -0.253. The molecule has 1 fully saturated rings. The summed E-state index contributed by atoms with van der Waals surface area (Å²) in [4.78, 5) is 38.1. The van der Waals surface area contributed by atoms with Crippen LogP contribution < -0.4 is 4.74 Å². The van der Waals surface area contributed by atoms with E-state index >= 15 is 0 Å². The Morgan fingerprint density at radius 3 is 2.34 bits per heavy atom. The van der Waals surface area contributed by atoms with Gasteiger partial charge in [0.05, 0.1) is 24.7 Å². The lowest BCUT2D eigenvalue weighted by Gasteiger charge is -2.43. The van der Waals surface area contributed by atoms with Gasteiger partial charge in [-0.1, -0.05) is 12.1 Å². The van der Waals surface area contributed by atoms with Crippen molar-refractivity contribution in [3.63, 3.8) is 0 Å². The number of halogens is 4. The first-order chi connectivity index (χ1) is 14.9. The smallest absolute Gasteiger partial charge is 0.461 e. The summed E-state index contributed by atoms with van der Waals surface area (Å²) in [6, 6.07) is 4.35. The molecule has 178 valence electrons. The first-order valence-corrected chi connectivity index (χ1v) is 9.89. The highest BCUT2D eigenvalue weighted by Crippen LogP contribution is 2.47.